The highest BCUT2D eigenvalue weighted by Gasteiger charge is 2.38. The molecule has 0 aliphatic carbocycles. The molecular formula is C19H19F5N4O. The van der Waals surface area contributed by atoms with Crippen molar-refractivity contribution < 1.29 is 26.7 Å². The van der Waals surface area contributed by atoms with Gasteiger partial charge in [-0.15, -0.1) is 0 Å². The highest BCUT2D eigenvalue weighted by Crippen LogP contribution is 2.34. The Morgan fingerprint density at radius 3 is 2.72 bits per heavy atom. The monoisotopic (exact) mass is 414 g/mol. The number of alkyl halides is 3. The molecule has 2 aliphatic heterocycles. The van der Waals surface area contributed by atoms with Crippen LogP contribution in [0.15, 0.2) is 24.4 Å². The summed E-state index contributed by atoms with van der Waals surface area (Å²) in [5.41, 5.74) is 7.32. The molecule has 0 spiro atoms. The average Bonchev–Trinajstić information content (AvgIpc) is 2.99. The van der Waals surface area contributed by atoms with Crippen LogP contribution in [-0.2, 0) is 24.0 Å². The van der Waals surface area contributed by atoms with Crippen LogP contribution in [0.3, 0.4) is 0 Å². The lowest BCUT2D eigenvalue weighted by molar-refractivity contribution is -0.145. The number of nitrogens with zero attached hydrogens (tertiary/aromatic N) is 3. The van der Waals surface area contributed by atoms with E-state index in [2.05, 4.69) is 9.97 Å². The molecule has 1 aromatic carbocycles. The van der Waals surface area contributed by atoms with Crippen molar-refractivity contribution in [3.8, 4) is 0 Å². The molecule has 2 aromatic rings. The summed E-state index contributed by atoms with van der Waals surface area (Å²) in [5.74, 6) is -2.32. The number of fused-ring (bicyclic) bond motifs is 1. The molecule has 3 atom stereocenters. The molecule has 4 rings (SSSR count). The van der Waals surface area contributed by atoms with Crippen LogP contribution in [0.1, 0.15) is 41.6 Å². The second kappa shape index (κ2) is 7.58. The summed E-state index contributed by atoms with van der Waals surface area (Å²) in [5, 5.41) is 0. The summed E-state index contributed by atoms with van der Waals surface area (Å²) >= 11 is 0. The first-order valence-electron chi connectivity index (χ1n) is 9.20. The topological polar surface area (TPSA) is 64.3 Å². The van der Waals surface area contributed by atoms with Gasteiger partial charge in [0.05, 0.1) is 5.69 Å². The maximum atomic E-state index is 14.2. The third-order valence-electron chi connectivity index (χ3n) is 5.40. The zero-order valence-electron chi connectivity index (χ0n) is 15.3. The predicted molar refractivity (Wildman–Crippen MR) is 92.3 cm³/mol. The Hall–Kier alpha value is -2.17. The van der Waals surface area contributed by atoms with Gasteiger partial charge < -0.3 is 10.5 Å². The van der Waals surface area contributed by atoms with Crippen molar-refractivity contribution >= 4 is 0 Å². The third kappa shape index (κ3) is 4.10. The van der Waals surface area contributed by atoms with Gasteiger partial charge in [0, 0.05) is 49.1 Å². The molecule has 0 bridgehead atoms. The quantitative estimate of drug-likeness (QED) is 0.764. The molecule has 1 unspecified atom stereocenters. The van der Waals surface area contributed by atoms with Gasteiger partial charge in [0.15, 0.2) is 0 Å². The molecule has 1 fully saturated rings. The largest absolute Gasteiger partial charge is 0.451 e. The number of hydrogen-bond donors (Lipinski definition) is 1. The van der Waals surface area contributed by atoms with E-state index in [1.807, 2.05) is 4.90 Å². The number of hydrogen-bond acceptors (Lipinski definition) is 5. The lowest BCUT2D eigenvalue weighted by atomic mass is 9.96. The summed E-state index contributed by atoms with van der Waals surface area (Å²) in [7, 11) is 0. The minimum atomic E-state index is -4.59. The number of rotatable bonds is 2. The zero-order valence-corrected chi connectivity index (χ0v) is 15.3. The molecular weight excluding hydrogens is 395 g/mol. The van der Waals surface area contributed by atoms with Gasteiger partial charge in [-0.25, -0.2) is 18.7 Å². The number of nitrogens with two attached hydrogens (primary N) is 1. The summed E-state index contributed by atoms with van der Waals surface area (Å²) in [4.78, 5) is 9.06. The fraction of sp³-hybridized carbons (Fsp3) is 0.474. The first kappa shape index (κ1) is 20.1. The molecule has 2 N–H and O–H groups in total. The van der Waals surface area contributed by atoms with E-state index in [0.717, 1.165) is 18.2 Å². The van der Waals surface area contributed by atoms with E-state index in [-0.39, 0.29) is 24.8 Å². The highest BCUT2D eigenvalue weighted by molar-refractivity contribution is 5.24. The van der Waals surface area contributed by atoms with Crippen molar-refractivity contribution in [1.82, 2.24) is 14.9 Å². The minimum absolute atomic E-state index is 0.0727. The second-order valence-electron chi connectivity index (χ2n) is 7.37. The predicted octanol–water partition coefficient (Wildman–Crippen LogP) is 3.34. The third-order valence-corrected chi connectivity index (χ3v) is 5.40. The zero-order chi connectivity index (χ0) is 20.8. The lowest BCUT2D eigenvalue weighted by Gasteiger charge is -2.28. The van der Waals surface area contributed by atoms with Crippen molar-refractivity contribution in [2.45, 2.75) is 50.3 Å². The standard InChI is InChI=1S/C19H19F5N4O/c20-11-1-2-14(21)13(5-11)17-15(25)6-12(3-4-29-17)28-8-10-7-26-18(19(22,23)24)27-16(10)9-28/h1-2,5,7,12,15,17H,3-4,6,8-9,25H2/t12?,15-,17+/m0/s1. The molecule has 2 aliphatic rings. The Bertz CT molecular complexity index is 907. The van der Waals surface area contributed by atoms with Gasteiger partial charge in [0.2, 0.25) is 5.82 Å². The van der Waals surface area contributed by atoms with Crippen molar-refractivity contribution in [1.29, 1.82) is 0 Å². The molecule has 10 heteroatoms. The van der Waals surface area contributed by atoms with Crippen LogP contribution in [0.2, 0.25) is 0 Å². The normalized spacial score (nSPS) is 25.7. The first-order chi connectivity index (χ1) is 13.7. The number of ether oxygens (including phenoxy) is 1. The van der Waals surface area contributed by atoms with E-state index < -0.39 is 35.8 Å². The van der Waals surface area contributed by atoms with Gasteiger partial charge in [0.25, 0.3) is 0 Å². The lowest BCUT2D eigenvalue weighted by Crippen LogP contribution is -2.38. The Kier molecular flexibility index (Phi) is 5.26. The Morgan fingerprint density at radius 1 is 1.17 bits per heavy atom. The molecule has 1 saturated heterocycles. The SMILES string of the molecule is N[C@H]1CC(N2Cc3cnc(C(F)(F)F)nc3C2)CCO[C@@H]1c1cc(F)ccc1F. The van der Waals surface area contributed by atoms with Crippen LogP contribution in [0.25, 0.3) is 0 Å². The van der Waals surface area contributed by atoms with Gasteiger partial charge in [-0.05, 0) is 31.0 Å². The molecule has 0 saturated carbocycles. The molecule has 0 radical (unpaired) electrons. The number of halogens is 5. The van der Waals surface area contributed by atoms with E-state index >= 15 is 0 Å². The molecule has 3 heterocycles. The van der Waals surface area contributed by atoms with Crippen molar-refractivity contribution in [3.05, 3.63) is 58.7 Å². The second-order valence-corrected chi connectivity index (χ2v) is 7.37. The summed E-state index contributed by atoms with van der Waals surface area (Å²) < 4.78 is 72.0. The summed E-state index contributed by atoms with van der Waals surface area (Å²) in [6.45, 7) is 0.923. The maximum Gasteiger partial charge on any atom is 0.451 e. The highest BCUT2D eigenvalue weighted by atomic mass is 19.4. The van der Waals surface area contributed by atoms with Crippen molar-refractivity contribution in [2.75, 3.05) is 6.61 Å². The van der Waals surface area contributed by atoms with E-state index in [4.69, 9.17) is 10.5 Å². The molecule has 29 heavy (non-hydrogen) atoms. The van der Waals surface area contributed by atoms with Crippen molar-refractivity contribution in [3.63, 3.8) is 0 Å². The molecule has 1 aromatic heterocycles. The van der Waals surface area contributed by atoms with Crippen molar-refractivity contribution in [2.24, 2.45) is 5.73 Å². The van der Waals surface area contributed by atoms with E-state index in [1.165, 1.54) is 6.20 Å². The maximum absolute atomic E-state index is 14.2. The fourth-order valence-electron chi connectivity index (χ4n) is 3.97. The van der Waals surface area contributed by atoms with Crippen LogP contribution in [-0.4, -0.2) is 33.6 Å². The fourth-order valence-corrected chi connectivity index (χ4v) is 3.97. The van der Waals surface area contributed by atoms with Gasteiger partial charge in [-0.1, -0.05) is 0 Å². The van der Waals surface area contributed by atoms with Gasteiger partial charge in [0.1, 0.15) is 17.7 Å². The van der Waals surface area contributed by atoms with Gasteiger partial charge >= 0.3 is 6.18 Å². The van der Waals surface area contributed by atoms with Crippen LogP contribution >= 0.6 is 0 Å². The van der Waals surface area contributed by atoms with E-state index in [1.54, 1.807) is 0 Å². The average molecular weight is 414 g/mol. The Morgan fingerprint density at radius 2 is 1.97 bits per heavy atom. The van der Waals surface area contributed by atoms with Crippen LogP contribution < -0.4 is 5.73 Å². The smallest absolute Gasteiger partial charge is 0.372 e. The van der Waals surface area contributed by atoms with Crippen LogP contribution in [0.4, 0.5) is 22.0 Å². The number of benzene rings is 1. The summed E-state index contributed by atoms with van der Waals surface area (Å²) in [6, 6.07) is 2.47. The molecule has 156 valence electrons. The Balaban J connectivity index is 1.49. The van der Waals surface area contributed by atoms with Crippen LogP contribution in [0.5, 0.6) is 0 Å². The van der Waals surface area contributed by atoms with Crippen LogP contribution in [0, 0.1) is 11.6 Å². The molecule has 0 amide bonds. The number of aromatic nitrogens is 2. The molecule has 5 nitrogen and oxygen atoms in total. The first-order valence-corrected chi connectivity index (χ1v) is 9.20. The minimum Gasteiger partial charge on any atom is -0.372 e. The summed E-state index contributed by atoms with van der Waals surface area (Å²) in [6.07, 6.45) is -3.19. The van der Waals surface area contributed by atoms with Gasteiger partial charge in [-0.3, -0.25) is 4.90 Å². The van der Waals surface area contributed by atoms with E-state index in [9.17, 15) is 22.0 Å². The Labute approximate surface area is 163 Å². The van der Waals surface area contributed by atoms with Gasteiger partial charge in [-0.2, -0.15) is 13.2 Å². The van der Waals surface area contributed by atoms with E-state index in [0.29, 0.717) is 30.6 Å².